The number of aryl methyl sites for hydroxylation is 2. The van der Waals surface area contributed by atoms with Crippen LogP contribution in [0.25, 0.3) is 10.8 Å². The van der Waals surface area contributed by atoms with Crippen molar-refractivity contribution in [1.29, 1.82) is 0 Å². The molecule has 4 aromatic rings. The molecule has 0 aliphatic carbocycles. The summed E-state index contributed by atoms with van der Waals surface area (Å²) in [5, 5.41) is 2.05. The van der Waals surface area contributed by atoms with Gasteiger partial charge in [0.25, 0.3) is 0 Å². The zero-order chi connectivity index (χ0) is 24.5. The standard InChI is InChI=1S/C30H33O4P/c1-3-5-9-24-13-18-28(19-14-24)32-35(31,33-29-20-15-25(16-21-29)10-6-4-2)34-30-22-17-26-11-7-8-12-27(26)23-30/h7-8,11-23H,3-6,9-10H2,1-2H3. The monoisotopic (exact) mass is 488 g/mol. The van der Waals surface area contributed by atoms with Crippen molar-refractivity contribution >= 4 is 18.6 Å². The van der Waals surface area contributed by atoms with Gasteiger partial charge >= 0.3 is 7.82 Å². The zero-order valence-corrected chi connectivity index (χ0v) is 21.4. The van der Waals surface area contributed by atoms with E-state index in [1.54, 1.807) is 6.07 Å². The van der Waals surface area contributed by atoms with Gasteiger partial charge in [-0.05, 0) is 84.0 Å². The highest BCUT2D eigenvalue weighted by Gasteiger charge is 2.33. The minimum atomic E-state index is -4.04. The second kappa shape index (κ2) is 12.0. The summed E-state index contributed by atoms with van der Waals surface area (Å²) in [5.41, 5.74) is 2.43. The van der Waals surface area contributed by atoms with Crippen LogP contribution in [-0.4, -0.2) is 0 Å². The first kappa shape index (κ1) is 24.9. The molecule has 0 aliphatic rings. The van der Waals surface area contributed by atoms with Crippen LogP contribution in [0.1, 0.15) is 50.7 Å². The third-order valence-electron chi connectivity index (χ3n) is 5.86. The van der Waals surface area contributed by atoms with Crippen LogP contribution in [0.4, 0.5) is 0 Å². The Balaban J connectivity index is 1.57. The second-order valence-corrected chi connectivity index (χ2v) is 10.2. The van der Waals surface area contributed by atoms with E-state index < -0.39 is 7.82 Å². The van der Waals surface area contributed by atoms with Crippen LogP contribution in [0.3, 0.4) is 0 Å². The number of phosphoric ester groups is 1. The second-order valence-electron chi connectivity index (χ2n) is 8.73. The highest BCUT2D eigenvalue weighted by Crippen LogP contribution is 2.50. The Kier molecular flexibility index (Phi) is 8.50. The molecule has 0 fully saturated rings. The summed E-state index contributed by atoms with van der Waals surface area (Å²) >= 11 is 0. The van der Waals surface area contributed by atoms with Crippen LogP contribution in [-0.2, 0) is 17.4 Å². The third-order valence-corrected chi connectivity index (χ3v) is 7.16. The van der Waals surface area contributed by atoms with E-state index in [4.69, 9.17) is 13.6 Å². The van der Waals surface area contributed by atoms with E-state index in [0.717, 1.165) is 49.3 Å². The van der Waals surface area contributed by atoms with Crippen LogP contribution in [0.5, 0.6) is 17.2 Å². The molecule has 0 spiro atoms. The number of fused-ring (bicyclic) bond motifs is 1. The molecule has 5 heteroatoms. The smallest absolute Gasteiger partial charge is 0.386 e. The molecule has 4 nitrogen and oxygen atoms in total. The molecule has 0 saturated heterocycles. The van der Waals surface area contributed by atoms with E-state index >= 15 is 0 Å². The Bertz CT molecular complexity index is 1210. The normalized spacial score (nSPS) is 11.4. The van der Waals surface area contributed by atoms with Crippen molar-refractivity contribution in [3.05, 3.63) is 102 Å². The first-order valence-corrected chi connectivity index (χ1v) is 13.9. The summed E-state index contributed by atoms with van der Waals surface area (Å²) in [7, 11) is -4.04. The van der Waals surface area contributed by atoms with Gasteiger partial charge in [-0.3, -0.25) is 0 Å². The maximum absolute atomic E-state index is 13.9. The number of hydrogen-bond donors (Lipinski definition) is 0. The highest BCUT2D eigenvalue weighted by molar-refractivity contribution is 7.49. The molecule has 0 unspecified atom stereocenters. The molecule has 0 aromatic heterocycles. The molecule has 0 saturated carbocycles. The van der Waals surface area contributed by atoms with Crippen molar-refractivity contribution in [3.8, 4) is 17.2 Å². The summed E-state index contributed by atoms with van der Waals surface area (Å²) in [5.74, 6) is 1.30. The SMILES string of the molecule is CCCCc1ccc(OP(=O)(Oc2ccc(CCCC)cc2)Oc2ccc3ccccc3c2)cc1. The number of benzene rings is 4. The number of phosphoric acid groups is 1. The van der Waals surface area contributed by atoms with Gasteiger partial charge in [-0.2, -0.15) is 4.57 Å². The molecule has 4 aromatic carbocycles. The van der Waals surface area contributed by atoms with Gasteiger partial charge in [0.15, 0.2) is 0 Å². The van der Waals surface area contributed by atoms with Gasteiger partial charge in [0.1, 0.15) is 17.2 Å². The van der Waals surface area contributed by atoms with E-state index in [-0.39, 0.29) is 0 Å². The molecule has 0 bridgehead atoms. The van der Waals surface area contributed by atoms with E-state index in [2.05, 4.69) is 13.8 Å². The van der Waals surface area contributed by atoms with Gasteiger partial charge in [0, 0.05) is 0 Å². The fourth-order valence-electron chi connectivity index (χ4n) is 3.86. The van der Waals surface area contributed by atoms with E-state index in [1.165, 1.54) is 11.1 Å². The number of unbranched alkanes of at least 4 members (excludes halogenated alkanes) is 2. The molecule has 4 rings (SSSR count). The van der Waals surface area contributed by atoms with Crippen molar-refractivity contribution in [2.24, 2.45) is 0 Å². The quantitative estimate of drug-likeness (QED) is 0.187. The summed E-state index contributed by atoms with van der Waals surface area (Å²) < 4.78 is 31.6. The van der Waals surface area contributed by atoms with Gasteiger partial charge in [0.2, 0.25) is 0 Å². The van der Waals surface area contributed by atoms with E-state index in [1.807, 2.05) is 84.9 Å². The van der Waals surface area contributed by atoms with Gasteiger partial charge in [-0.1, -0.05) is 81.3 Å². The lowest BCUT2D eigenvalue weighted by atomic mass is 10.1. The van der Waals surface area contributed by atoms with Crippen molar-refractivity contribution < 1.29 is 18.1 Å². The molecular weight excluding hydrogens is 455 g/mol. The molecule has 182 valence electrons. The highest BCUT2D eigenvalue weighted by atomic mass is 31.2. The zero-order valence-electron chi connectivity index (χ0n) is 20.5. The van der Waals surface area contributed by atoms with Gasteiger partial charge in [-0.15, -0.1) is 0 Å². The summed E-state index contributed by atoms with van der Waals surface area (Å²) in [6.45, 7) is 4.34. The maximum Gasteiger partial charge on any atom is 0.647 e. The minimum absolute atomic E-state index is 0.422. The van der Waals surface area contributed by atoms with Gasteiger partial charge in [-0.25, -0.2) is 0 Å². The van der Waals surface area contributed by atoms with Gasteiger partial charge < -0.3 is 13.6 Å². The number of hydrogen-bond acceptors (Lipinski definition) is 4. The molecule has 0 N–H and O–H groups in total. The largest absolute Gasteiger partial charge is 0.647 e. The Morgan fingerprint density at radius 3 is 1.54 bits per heavy atom. The first-order chi connectivity index (χ1) is 17.1. The lowest BCUT2D eigenvalue weighted by Gasteiger charge is -2.20. The van der Waals surface area contributed by atoms with Crippen molar-refractivity contribution in [1.82, 2.24) is 0 Å². The molecule has 35 heavy (non-hydrogen) atoms. The minimum Gasteiger partial charge on any atom is -0.386 e. The average Bonchev–Trinajstić information content (AvgIpc) is 2.87. The van der Waals surface area contributed by atoms with Crippen LogP contribution in [0.15, 0.2) is 91.0 Å². The van der Waals surface area contributed by atoms with E-state index in [9.17, 15) is 4.57 Å². The van der Waals surface area contributed by atoms with Crippen LogP contribution < -0.4 is 13.6 Å². The third kappa shape index (κ3) is 7.13. The molecule has 0 amide bonds. The number of rotatable bonds is 12. The van der Waals surface area contributed by atoms with Gasteiger partial charge in [0.05, 0.1) is 0 Å². The molecular formula is C30H33O4P. The predicted octanol–water partition coefficient (Wildman–Crippen LogP) is 9.17. The van der Waals surface area contributed by atoms with Crippen LogP contribution in [0, 0.1) is 0 Å². The van der Waals surface area contributed by atoms with Crippen molar-refractivity contribution in [2.45, 2.75) is 52.4 Å². The lowest BCUT2D eigenvalue weighted by molar-refractivity contribution is 0.298. The Morgan fingerprint density at radius 2 is 1.03 bits per heavy atom. The van der Waals surface area contributed by atoms with Crippen molar-refractivity contribution in [2.75, 3.05) is 0 Å². The molecule has 0 heterocycles. The van der Waals surface area contributed by atoms with Crippen LogP contribution >= 0.6 is 7.82 Å². The molecule has 0 aliphatic heterocycles. The summed E-state index contributed by atoms with van der Waals surface area (Å²) in [6, 6.07) is 28.7. The van der Waals surface area contributed by atoms with Crippen molar-refractivity contribution in [3.63, 3.8) is 0 Å². The Labute approximate surface area is 208 Å². The summed E-state index contributed by atoms with van der Waals surface area (Å²) in [4.78, 5) is 0. The molecule has 0 atom stereocenters. The lowest BCUT2D eigenvalue weighted by Crippen LogP contribution is -2.07. The maximum atomic E-state index is 13.9. The van der Waals surface area contributed by atoms with E-state index in [0.29, 0.717) is 17.2 Å². The first-order valence-electron chi connectivity index (χ1n) is 12.4. The molecule has 0 radical (unpaired) electrons. The van der Waals surface area contributed by atoms with Crippen LogP contribution in [0.2, 0.25) is 0 Å². The Morgan fingerprint density at radius 1 is 0.571 bits per heavy atom. The summed E-state index contributed by atoms with van der Waals surface area (Å²) in [6.07, 6.45) is 6.53. The fraction of sp³-hybridized carbons (Fsp3) is 0.267. The fourth-order valence-corrected chi connectivity index (χ4v) is 5.11. The average molecular weight is 489 g/mol. The topological polar surface area (TPSA) is 44.8 Å². The Hall–Kier alpha value is -3.23. The predicted molar refractivity (Wildman–Crippen MR) is 144 cm³/mol.